The Morgan fingerprint density at radius 3 is 1.44 bits per heavy atom. The molecule has 0 aromatic carbocycles. The Kier molecular flexibility index (Phi) is 6.16. The SMILES string of the molecule is CC[Si](C)(C)O[Si](C)(C)O[Si](C)(CC)CC. The molecule has 0 aliphatic heterocycles. The first-order valence-electron chi connectivity index (χ1n) is 6.50. The Morgan fingerprint density at radius 2 is 1.12 bits per heavy atom. The van der Waals surface area contributed by atoms with Gasteiger partial charge in [-0.1, -0.05) is 20.8 Å². The first kappa shape index (κ1) is 16.6. The van der Waals surface area contributed by atoms with Gasteiger partial charge in [0.15, 0.2) is 16.6 Å². The van der Waals surface area contributed by atoms with Gasteiger partial charge in [-0.3, -0.25) is 0 Å². The molecule has 0 amide bonds. The topological polar surface area (TPSA) is 18.5 Å². The van der Waals surface area contributed by atoms with E-state index in [0.29, 0.717) is 0 Å². The third-order valence-electron chi connectivity index (χ3n) is 3.36. The predicted octanol–water partition coefficient (Wildman–Crippen LogP) is 4.56. The van der Waals surface area contributed by atoms with Crippen LogP contribution in [0, 0.1) is 0 Å². The Labute approximate surface area is 105 Å². The maximum atomic E-state index is 6.45. The molecule has 0 spiro atoms. The van der Waals surface area contributed by atoms with Crippen LogP contribution in [0.2, 0.25) is 50.9 Å². The van der Waals surface area contributed by atoms with E-state index in [1.165, 1.54) is 18.1 Å². The summed E-state index contributed by atoms with van der Waals surface area (Å²) in [4.78, 5) is 0. The smallest absolute Gasteiger partial charge is 0.311 e. The molecule has 16 heavy (non-hydrogen) atoms. The van der Waals surface area contributed by atoms with Crippen molar-refractivity contribution in [3.05, 3.63) is 0 Å². The standard InChI is InChI=1S/C11H30O2Si3/c1-9-14(4,5)12-15(6,7)13-16(8,10-2)11-3/h9-11H2,1-8H3. The van der Waals surface area contributed by atoms with E-state index in [2.05, 4.69) is 53.5 Å². The number of rotatable bonds is 7. The Morgan fingerprint density at radius 1 is 0.688 bits per heavy atom. The fraction of sp³-hybridized carbons (Fsp3) is 1.00. The molecule has 0 saturated heterocycles. The van der Waals surface area contributed by atoms with E-state index in [-0.39, 0.29) is 0 Å². The fourth-order valence-electron chi connectivity index (χ4n) is 1.75. The van der Waals surface area contributed by atoms with E-state index in [0.717, 1.165) is 0 Å². The maximum absolute atomic E-state index is 6.45. The minimum absolute atomic E-state index is 1.17. The zero-order valence-electron chi connectivity index (χ0n) is 12.4. The van der Waals surface area contributed by atoms with Crippen molar-refractivity contribution in [3.8, 4) is 0 Å². The summed E-state index contributed by atoms with van der Waals surface area (Å²) >= 11 is 0. The van der Waals surface area contributed by atoms with Crippen LogP contribution in [0.3, 0.4) is 0 Å². The molecule has 0 heterocycles. The normalized spacial score (nSPS) is 14.2. The summed E-state index contributed by atoms with van der Waals surface area (Å²) in [6.07, 6.45) is 0. The lowest BCUT2D eigenvalue weighted by molar-refractivity contribution is 0.387. The zero-order valence-corrected chi connectivity index (χ0v) is 15.4. The van der Waals surface area contributed by atoms with E-state index in [1.54, 1.807) is 0 Å². The van der Waals surface area contributed by atoms with Gasteiger partial charge in [-0.15, -0.1) is 0 Å². The first-order valence-corrected chi connectivity index (χ1v) is 15.3. The summed E-state index contributed by atoms with van der Waals surface area (Å²) in [6.45, 7) is 18.1. The van der Waals surface area contributed by atoms with Crippen LogP contribution in [0.25, 0.3) is 0 Å². The summed E-state index contributed by atoms with van der Waals surface area (Å²) in [5.74, 6) is 0. The van der Waals surface area contributed by atoms with E-state index < -0.39 is 25.2 Å². The molecule has 0 aromatic heterocycles. The van der Waals surface area contributed by atoms with Crippen molar-refractivity contribution in [1.29, 1.82) is 0 Å². The monoisotopic (exact) mass is 278 g/mol. The number of hydrogen-bond donors (Lipinski definition) is 0. The quantitative estimate of drug-likeness (QED) is 0.636. The highest BCUT2D eigenvalue weighted by atomic mass is 28.5. The van der Waals surface area contributed by atoms with E-state index in [1.807, 2.05) is 0 Å². The molecule has 0 aliphatic rings. The molecule has 0 fully saturated rings. The lowest BCUT2D eigenvalue weighted by Gasteiger charge is -2.39. The molecule has 98 valence electrons. The molecule has 0 rings (SSSR count). The molecule has 0 radical (unpaired) electrons. The minimum atomic E-state index is -1.91. The molecule has 5 heteroatoms. The van der Waals surface area contributed by atoms with Gasteiger partial charge in [0.2, 0.25) is 0 Å². The molecule has 0 atom stereocenters. The summed E-state index contributed by atoms with van der Waals surface area (Å²) in [5.41, 5.74) is 0. The van der Waals surface area contributed by atoms with Gasteiger partial charge in [-0.05, 0) is 50.9 Å². The summed E-state index contributed by atoms with van der Waals surface area (Å²) in [7, 11) is -4.88. The number of hydrogen-bond acceptors (Lipinski definition) is 2. The summed E-state index contributed by atoms with van der Waals surface area (Å²) in [6, 6.07) is 3.55. The lowest BCUT2D eigenvalue weighted by atomic mass is 10.9. The summed E-state index contributed by atoms with van der Waals surface area (Å²) in [5, 5.41) is 0. The average Bonchev–Trinajstić information content (AvgIpc) is 2.15. The molecule has 0 aliphatic carbocycles. The van der Waals surface area contributed by atoms with Gasteiger partial charge in [0.05, 0.1) is 0 Å². The predicted molar refractivity (Wildman–Crippen MR) is 80.2 cm³/mol. The van der Waals surface area contributed by atoms with Crippen LogP contribution in [-0.4, -0.2) is 25.2 Å². The van der Waals surface area contributed by atoms with E-state index >= 15 is 0 Å². The third-order valence-corrected chi connectivity index (χ3v) is 16.2. The van der Waals surface area contributed by atoms with Gasteiger partial charge in [0.1, 0.15) is 0 Å². The van der Waals surface area contributed by atoms with Crippen molar-refractivity contribution in [2.75, 3.05) is 0 Å². The highest BCUT2D eigenvalue weighted by Gasteiger charge is 2.39. The van der Waals surface area contributed by atoms with Crippen LogP contribution >= 0.6 is 0 Å². The highest BCUT2D eigenvalue weighted by Crippen LogP contribution is 2.26. The van der Waals surface area contributed by atoms with Gasteiger partial charge in [-0.2, -0.15) is 0 Å². The van der Waals surface area contributed by atoms with Gasteiger partial charge < -0.3 is 8.23 Å². The Bertz CT molecular complexity index is 213. The molecule has 0 saturated carbocycles. The van der Waals surface area contributed by atoms with Crippen molar-refractivity contribution in [2.45, 2.75) is 71.6 Å². The molecular weight excluding hydrogens is 248 g/mol. The van der Waals surface area contributed by atoms with E-state index in [4.69, 9.17) is 8.23 Å². The average molecular weight is 279 g/mol. The second-order valence-electron chi connectivity index (χ2n) is 5.87. The van der Waals surface area contributed by atoms with Gasteiger partial charge >= 0.3 is 8.56 Å². The van der Waals surface area contributed by atoms with Crippen molar-refractivity contribution >= 4 is 25.2 Å². The van der Waals surface area contributed by atoms with Crippen LogP contribution in [0.1, 0.15) is 20.8 Å². The molecule has 0 unspecified atom stereocenters. The van der Waals surface area contributed by atoms with Gasteiger partial charge in [0, 0.05) is 0 Å². The molecule has 2 nitrogen and oxygen atoms in total. The Balaban J connectivity index is 4.56. The van der Waals surface area contributed by atoms with Crippen LogP contribution < -0.4 is 0 Å². The molecule has 0 aromatic rings. The lowest BCUT2D eigenvalue weighted by Crippen LogP contribution is -2.52. The van der Waals surface area contributed by atoms with Crippen LogP contribution in [0.15, 0.2) is 0 Å². The first-order chi connectivity index (χ1) is 7.10. The van der Waals surface area contributed by atoms with Crippen molar-refractivity contribution < 1.29 is 8.23 Å². The van der Waals surface area contributed by atoms with Crippen molar-refractivity contribution in [2.24, 2.45) is 0 Å². The van der Waals surface area contributed by atoms with Gasteiger partial charge in [-0.25, -0.2) is 0 Å². The van der Waals surface area contributed by atoms with E-state index in [9.17, 15) is 0 Å². The van der Waals surface area contributed by atoms with Crippen LogP contribution in [0.5, 0.6) is 0 Å². The fourth-order valence-corrected chi connectivity index (χ4v) is 14.6. The second-order valence-corrected chi connectivity index (χ2v) is 18.8. The Hall–Kier alpha value is 0.571. The summed E-state index contributed by atoms with van der Waals surface area (Å²) < 4.78 is 12.8. The zero-order chi connectivity index (χ0) is 13.0. The van der Waals surface area contributed by atoms with Gasteiger partial charge in [0.25, 0.3) is 0 Å². The third kappa shape index (κ3) is 5.77. The minimum Gasteiger partial charge on any atom is -0.437 e. The molecule has 0 N–H and O–H groups in total. The van der Waals surface area contributed by atoms with Crippen LogP contribution in [-0.2, 0) is 8.23 Å². The maximum Gasteiger partial charge on any atom is 0.311 e. The second kappa shape index (κ2) is 5.95. The van der Waals surface area contributed by atoms with Crippen molar-refractivity contribution in [3.63, 3.8) is 0 Å². The largest absolute Gasteiger partial charge is 0.437 e. The highest BCUT2D eigenvalue weighted by molar-refractivity contribution is 6.88. The van der Waals surface area contributed by atoms with Crippen LogP contribution in [0.4, 0.5) is 0 Å². The molecule has 0 bridgehead atoms. The van der Waals surface area contributed by atoms with Crippen molar-refractivity contribution in [1.82, 2.24) is 0 Å². The molecular formula is C11H30O2Si3.